The van der Waals surface area contributed by atoms with Crippen molar-refractivity contribution in [3.63, 3.8) is 0 Å². The van der Waals surface area contributed by atoms with Crippen LogP contribution in [0.4, 0.5) is 15.8 Å². The van der Waals surface area contributed by atoms with Crippen molar-refractivity contribution in [3.8, 4) is 5.75 Å². The molecule has 0 radical (unpaired) electrons. The molecule has 0 aliphatic heterocycles. The second-order valence-electron chi connectivity index (χ2n) is 7.10. The SMILES string of the molecule is Cc1ccc(NC(=O)c2ccccc2OCC(=O)Nc2ccccc2F)c2cccnc12. The molecule has 1 aromatic heterocycles. The number of fused-ring (bicyclic) bond motifs is 1. The maximum Gasteiger partial charge on any atom is 0.262 e. The van der Waals surface area contributed by atoms with E-state index >= 15 is 0 Å². The van der Waals surface area contributed by atoms with Crippen LogP contribution in [0, 0.1) is 12.7 Å². The lowest BCUT2D eigenvalue weighted by Gasteiger charge is -2.13. The van der Waals surface area contributed by atoms with Gasteiger partial charge in [-0.25, -0.2) is 4.39 Å². The summed E-state index contributed by atoms with van der Waals surface area (Å²) in [5, 5.41) is 6.17. The van der Waals surface area contributed by atoms with Crippen LogP contribution in [-0.2, 0) is 4.79 Å². The molecule has 6 nitrogen and oxygen atoms in total. The quantitative estimate of drug-likeness (QED) is 0.454. The Labute approximate surface area is 184 Å². The number of hydrogen-bond donors (Lipinski definition) is 2. The molecule has 4 rings (SSSR count). The lowest BCUT2D eigenvalue weighted by atomic mass is 10.1. The van der Waals surface area contributed by atoms with Gasteiger partial charge in [0, 0.05) is 11.6 Å². The summed E-state index contributed by atoms with van der Waals surface area (Å²) in [5.74, 6) is -1.23. The van der Waals surface area contributed by atoms with E-state index < -0.39 is 11.7 Å². The Hall–Kier alpha value is -4.26. The Morgan fingerprint density at radius 1 is 0.906 bits per heavy atom. The van der Waals surface area contributed by atoms with Crippen LogP contribution in [0.1, 0.15) is 15.9 Å². The molecule has 0 bridgehead atoms. The summed E-state index contributed by atoms with van der Waals surface area (Å²) in [7, 11) is 0. The number of carbonyl (C=O) groups excluding carboxylic acids is 2. The van der Waals surface area contributed by atoms with Crippen molar-refractivity contribution in [2.45, 2.75) is 6.92 Å². The number of amides is 2. The number of rotatable bonds is 6. The summed E-state index contributed by atoms with van der Waals surface area (Å²) in [6.45, 7) is 1.58. The minimum Gasteiger partial charge on any atom is -0.483 e. The van der Waals surface area contributed by atoms with Gasteiger partial charge in [-0.1, -0.05) is 30.3 Å². The lowest BCUT2D eigenvalue weighted by Crippen LogP contribution is -2.22. The number of aryl methyl sites for hydroxylation is 1. The molecule has 4 aromatic rings. The molecule has 32 heavy (non-hydrogen) atoms. The zero-order chi connectivity index (χ0) is 22.5. The fourth-order valence-corrected chi connectivity index (χ4v) is 3.28. The summed E-state index contributed by atoms with van der Waals surface area (Å²) in [6.07, 6.45) is 1.70. The van der Waals surface area contributed by atoms with Gasteiger partial charge < -0.3 is 15.4 Å². The lowest BCUT2D eigenvalue weighted by molar-refractivity contribution is -0.118. The Bertz CT molecular complexity index is 1310. The third-order valence-corrected chi connectivity index (χ3v) is 4.86. The molecule has 1 heterocycles. The van der Waals surface area contributed by atoms with E-state index in [1.54, 1.807) is 36.5 Å². The minimum absolute atomic E-state index is 0.0620. The number of aromatic nitrogens is 1. The molecule has 0 saturated carbocycles. The van der Waals surface area contributed by atoms with Crippen LogP contribution in [0.25, 0.3) is 10.9 Å². The molecule has 0 atom stereocenters. The summed E-state index contributed by atoms with van der Waals surface area (Å²) >= 11 is 0. The van der Waals surface area contributed by atoms with E-state index in [4.69, 9.17) is 4.74 Å². The van der Waals surface area contributed by atoms with Gasteiger partial charge in [0.15, 0.2) is 6.61 Å². The molecular formula is C25H20FN3O3. The van der Waals surface area contributed by atoms with Crippen molar-refractivity contribution < 1.29 is 18.7 Å². The number of ether oxygens (including phenoxy) is 1. The monoisotopic (exact) mass is 429 g/mol. The average Bonchev–Trinajstić information content (AvgIpc) is 2.81. The van der Waals surface area contributed by atoms with E-state index in [9.17, 15) is 14.0 Å². The maximum atomic E-state index is 13.7. The van der Waals surface area contributed by atoms with Gasteiger partial charge in [0.05, 0.1) is 22.5 Å². The smallest absolute Gasteiger partial charge is 0.262 e. The Balaban J connectivity index is 1.49. The largest absolute Gasteiger partial charge is 0.483 e. The highest BCUT2D eigenvalue weighted by Gasteiger charge is 2.16. The fraction of sp³-hybridized carbons (Fsp3) is 0.0800. The number of nitrogens with zero attached hydrogens (tertiary/aromatic N) is 1. The van der Waals surface area contributed by atoms with Crippen molar-refractivity contribution in [1.29, 1.82) is 0 Å². The second-order valence-corrected chi connectivity index (χ2v) is 7.10. The summed E-state index contributed by atoms with van der Waals surface area (Å²) < 4.78 is 19.3. The van der Waals surface area contributed by atoms with Gasteiger partial charge in [0.25, 0.3) is 11.8 Å². The predicted octanol–water partition coefficient (Wildman–Crippen LogP) is 4.95. The minimum atomic E-state index is -0.541. The van der Waals surface area contributed by atoms with Gasteiger partial charge in [-0.05, 0) is 55.0 Å². The standard InChI is InChI=1S/C25H20FN3O3/c1-16-12-13-20(17-8-6-14-27-24(16)17)29-25(31)18-7-2-5-11-22(18)32-15-23(30)28-21-10-4-3-9-19(21)26/h2-14H,15H2,1H3,(H,28,30)(H,29,31). The first-order valence-corrected chi connectivity index (χ1v) is 9.95. The Kier molecular flexibility index (Phi) is 6.07. The van der Waals surface area contributed by atoms with E-state index in [1.165, 1.54) is 18.2 Å². The predicted molar refractivity (Wildman–Crippen MR) is 121 cm³/mol. The van der Waals surface area contributed by atoms with E-state index in [-0.39, 0.29) is 29.5 Å². The maximum absolute atomic E-state index is 13.7. The van der Waals surface area contributed by atoms with Crippen LogP contribution in [0.15, 0.2) is 79.0 Å². The van der Waals surface area contributed by atoms with E-state index in [2.05, 4.69) is 15.6 Å². The van der Waals surface area contributed by atoms with Crippen molar-refractivity contribution in [3.05, 3.63) is 95.9 Å². The third kappa shape index (κ3) is 4.57. The normalized spacial score (nSPS) is 10.6. The van der Waals surface area contributed by atoms with Crippen LogP contribution in [0.3, 0.4) is 0 Å². The van der Waals surface area contributed by atoms with Gasteiger partial charge in [-0.2, -0.15) is 0 Å². The number of pyridine rings is 1. The van der Waals surface area contributed by atoms with Crippen LogP contribution in [0.2, 0.25) is 0 Å². The topological polar surface area (TPSA) is 80.3 Å². The number of carbonyl (C=O) groups is 2. The average molecular weight is 429 g/mol. The van der Waals surface area contributed by atoms with Crippen LogP contribution in [-0.4, -0.2) is 23.4 Å². The highest BCUT2D eigenvalue weighted by atomic mass is 19.1. The number of halogens is 1. The molecule has 2 amide bonds. The molecule has 0 spiro atoms. The van der Waals surface area contributed by atoms with Crippen molar-refractivity contribution in [1.82, 2.24) is 4.98 Å². The molecule has 0 aliphatic rings. The highest BCUT2D eigenvalue weighted by molar-refractivity contribution is 6.10. The van der Waals surface area contributed by atoms with Gasteiger partial charge in [0.1, 0.15) is 11.6 Å². The van der Waals surface area contributed by atoms with Gasteiger partial charge >= 0.3 is 0 Å². The summed E-state index contributed by atoms with van der Waals surface area (Å²) in [4.78, 5) is 29.5. The molecule has 0 saturated heterocycles. The Morgan fingerprint density at radius 3 is 2.53 bits per heavy atom. The number of hydrogen-bond acceptors (Lipinski definition) is 4. The van der Waals surface area contributed by atoms with Crippen molar-refractivity contribution >= 4 is 34.1 Å². The number of anilines is 2. The molecule has 3 aromatic carbocycles. The van der Waals surface area contributed by atoms with Gasteiger partial charge in [0.2, 0.25) is 0 Å². The van der Waals surface area contributed by atoms with Gasteiger partial charge in [-0.3, -0.25) is 14.6 Å². The summed E-state index contributed by atoms with van der Waals surface area (Å²) in [6, 6.07) is 19.9. The first kappa shape index (κ1) is 21.0. The number of nitrogens with one attached hydrogen (secondary N) is 2. The first-order chi connectivity index (χ1) is 15.5. The Morgan fingerprint density at radius 2 is 1.69 bits per heavy atom. The first-order valence-electron chi connectivity index (χ1n) is 9.95. The van der Waals surface area contributed by atoms with E-state index in [0.717, 1.165) is 16.5 Å². The second kappa shape index (κ2) is 9.26. The van der Waals surface area contributed by atoms with E-state index in [1.807, 2.05) is 31.2 Å². The van der Waals surface area contributed by atoms with E-state index in [0.29, 0.717) is 5.69 Å². The van der Waals surface area contributed by atoms with Crippen LogP contribution in [0.5, 0.6) is 5.75 Å². The van der Waals surface area contributed by atoms with Gasteiger partial charge in [-0.15, -0.1) is 0 Å². The zero-order valence-corrected chi connectivity index (χ0v) is 17.3. The molecule has 0 aliphatic carbocycles. The van der Waals surface area contributed by atoms with Crippen LogP contribution < -0.4 is 15.4 Å². The fourth-order valence-electron chi connectivity index (χ4n) is 3.28. The number of benzene rings is 3. The van der Waals surface area contributed by atoms with Crippen LogP contribution >= 0.6 is 0 Å². The molecule has 0 fully saturated rings. The molecule has 7 heteroatoms. The van der Waals surface area contributed by atoms with Crippen molar-refractivity contribution in [2.75, 3.05) is 17.2 Å². The summed E-state index contributed by atoms with van der Waals surface area (Å²) in [5.41, 5.74) is 2.76. The third-order valence-electron chi connectivity index (χ3n) is 4.86. The number of para-hydroxylation sites is 2. The molecule has 160 valence electrons. The van der Waals surface area contributed by atoms with Crippen molar-refractivity contribution in [2.24, 2.45) is 0 Å². The molecule has 0 unspecified atom stereocenters. The molecular weight excluding hydrogens is 409 g/mol. The molecule has 2 N–H and O–H groups in total. The zero-order valence-electron chi connectivity index (χ0n) is 17.3. The highest BCUT2D eigenvalue weighted by Crippen LogP contribution is 2.26.